The predicted octanol–water partition coefficient (Wildman–Crippen LogP) is 1.63. The van der Waals surface area contributed by atoms with Gasteiger partial charge >= 0.3 is 7.12 Å². The van der Waals surface area contributed by atoms with E-state index in [0.717, 1.165) is 0 Å². The van der Waals surface area contributed by atoms with Crippen molar-refractivity contribution in [3.05, 3.63) is 24.2 Å². The van der Waals surface area contributed by atoms with Gasteiger partial charge in [0.2, 0.25) is 5.91 Å². The fourth-order valence-corrected chi connectivity index (χ4v) is 1.59. The summed E-state index contributed by atoms with van der Waals surface area (Å²) in [6, 6.07) is 0. The third-order valence-corrected chi connectivity index (χ3v) is 3.36. The van der Waals surface area contributed by atoms with Gasteiger partial charge in [-0.15, -0.1) is 0 Å². The van der Waals surface area contributed by atoms with Gasteiger partial charge in [-0.05, 0) is 39.2 Å². The molecule has 6 heteroatoms. The Bertz CT molecular complexity index is 437. The van der Waals surface area contributed by atoms with Crippen molar-refractivity contribution in [1.29, 1.82) is 0 Å². The first-order valence-corrected chi connectivity index (χ1v) is 6.13. The van der Waals surface area contributed by atoms with Gasteiger partial charge in [-0.25, -0.2) is 0 Å². The van der Waals surface area contributed by atoms with Crippen LogP contribution < -0.4 is 5.73 Å². The molecule has 0 aliphatic carbocycles. The molecule has 104 valence electrons. The number of carbonyl (C=O) groups is 1. The zero-order chi connectivity index (χ0) is 14.8. The highest BCUT2D eigenvalue weighted by Crippen LogP contribution is 2.38. The second-order valence-electron chi connectivity index (χ2n) is 5.49. The Hall–Kier alpha value is -1.40. The maximum Gasteiger partial charge on any atom is 0.494 e. The normalized spacial score (nSPS) is 22.5. The minimum atomic E-state index is -0.566. The first-order valence-electron chi connectivity index (χ1n) is 6.13. The molecule has 2 N–H and O–H groups in total. The summed E-state index contributed by atoms with van der Waals surface area (Å²) in [5, 5.41) is 0. The monoisotopic (exact) mass is 264 g/mol. The van der Waals surface area contributed by atoms with Crippen molar-refractivity contribution in [3.8, 4) is 0 Å². The molecule has 1 amide bonds. The third kappa shape index (κ3) is 3.55. The van der Waals surface area contributed by atoms with Crippen LogP contribution in [-0.4, -0.2) is 30.1 Å². The van der Waals surface area contributed by atoms with Crippen LogP contribution in [0.5, 0.6) is 0 Å². The highest BCUT2D eigenvalue weighted by molar-refractivity contribution is 6.56. The molecule has 1 saturated heterocycles. The van der Waals surface area contributed by atoms with E-state index in [1.54, 1.807) is 6.08 Å². The van der Waals surface area contributed by atoms with Crippen LogP contribution in [0.2, 0.25) is 0 Å². The number of aliphatic imine (C=N–C) groups is 1. The fraction of sp³-hybridized carbons (Fsp3) is 0.538. The number of amidine groups is 1. The van der Waals surface area contributed by atoms with Gasteiger partial charge in [0.1, 0.15) is 5.84 Å². The summed E-state index contributed by atoms with van der Waals surface area (Å²) in [5.74, 6) is -0.247. The molecule has 0 atom stereocenters. The van der Waals surface area contributed by atoms with Crippen LogP contribution in [-0.2, 0) is 14.1 Å². The lowest BCUT2D eigenvalue weighted by atomic mass is 9.78. The number of carbonyl (C=O) groups excluding carboxylic acids is 1. The van der Waals surface area contributed by atoms with Crippen molar-refractivity contribution < 1.29 is 14.1 Å². The van der Waals surface area contributed by atoms with Crippen molar-refractivity contribution in [1.82, 2.24) is 0 Å². The highest BCUT2D eigenvalue weighted by atomic mass is 16.7. The summed E-state index contributed by atoms with van der Waals surface area (Å²) < 4.78 is 11.7. The third-order valence-electron chi connectivity index (χ3n) is 3.36. The molecule has 0 saturated carbocycles. The van der Waals surface area contributed by atoms with E-state index in [1.807, 2.05) is 27.7 Å². The Balaban J connectivity index is 2.99. The van der Waals surface area contributed by atoms with Gasteiger partial charge < -0.3 is 15.0 Å². The van der Waals surface area contributed by atoms with Crippen LogP contribution in [0.1, 0.15) is 34.6 Å². The van der Waals surface area contributed by atoms with Crippen molar-refractivity contribution in [2.45, 2.75) is 45.8 Å². The zero-order valence-corrected chi connectivity index (χ0v) is 12.2. The number of hydrogen-bond acceptors (Lipinski definition) is 3. The topological polar surface area (TPSA) is 73.9 Å². The average Bonchev–Trinajstić information content (AvgIpc) is 2.43. The minimum Gasteiger partial charge on any atom is -0.399 e. The van der Waals surface area contributed by atoms with E-state index < -0.39 is 18.3 Å². The van der Waals surface area contributed by atoms with E-state index in [1.165, 1.54) is 13.0 Å². The lowest BCUT2D eigenvalue weighted by Crippen LogP contribution is -2.41. The fourth-order valence-electron chi connectivity index (χ4n) is 1.59. The second-order valence-corrected chi connectivity index (χ2v) is 5.49. The maximum atomic E-state index is 10.9. The molecule has 0 spiro atoms. The average molecular weight is 264 g/mol. The highest BCUT2D eigenvalue weighted by Gasteiger charge is 2.51. The Morgan fingerprint density at radius 1 is 1.26 bits per heavy atom. The maximum absolute atomic E-state index is 10.9. The largest absolute Gasteiger partial charge is 0.494 e. The van der Waals surface area contributed by atoms with Gasteiger partial charge in [-0.1, -0.05) is 12.7 Å². The molecule has 1 aliphatic rings. The van der Waals surface area contributed by atoms with Crippen LogP contribution in [0.4, 0.5) is 0 Å². The first-order chi connectivity index (χ1) is 8.59. The van der Waals surface area contributed by atoms with E-state index in [4.69, 9.17) is 15.0 Å². The smallest absolute Gasteiger partial charge is 0.399 e. The van der Waals surface area contributed by atoms with E-state index in [0.29, 0.717) is 5.47 Å². The number of nitrogens with zero attached hydrogens (tertiary/aromatic N) is 1. The van der Waals surface area contributed by atoms with Crippen LogP contribution in [0.15, 0.2) is 29.2 Å². The quantitative estimate of drug-likeness (QED) is 0.364. The molecular weight excluding hydrogens is 243 g/mol. The SMILES string of the molecule is C=C/C(=C\C(N)=NC(C)=O)B1OC(C)(C)C(C)(C)O1. The number of rotatable bonds is 3. The molecule has 5 nitrogen and oxygen atoms in total. The molecule has 1 heterocycles. The molecule has 1 aliphatic heterocycles. The first kappa shape index (κ1) is 15.7. The second kappa shape index (κ2) is 5.31. The number of amides is 1. The van der Waals surface area contributed by atoms with E-state index >= 15 is 0 Å². The Kier molecular flexibility index (Phi) is 4.37. The van der Waals surface area contributed by atoms with Crippen LogP contribution in [0, 0.1) is 0 Å². The van der Waals surface area contributed by atoms with Gasteiger partial charge in [0.25, 0.3) is 0 Å². The number of hydrogen-bond donors (Lipinski definition) is 1. The Morgan fingerprint density at radius 3 is 2.11 bits per heavy atom. The molecule has 19 heavy (non-hydrogen) atoms. The molecule has 1 rings (SSSR count). The number of allylic oxidation sites excluding steroid dienone is 2. The Morgan fingerprint density at radius 2 is 1.74 bits per heavy atom. The van der Waals surface area contributed by atoms with E-state index in [9.17, 15) is 4.79 Å². The van der Waals surface area contributed by atoms with Crippen LogP contribution in [0.25, 0.3) is 0 Å². The lowest BCUT2D eigenvalue weighted by Gasteiger charge is -2.32. The van der Waals surface area contributed by atoms with Gasteiger partial charge in [-0.2, -0.15) is 4.99 Å². The molecule has 0 unspecified atom stereocenters. The zero-order valence-electron chi connectivity index (χ0n) is 12.2. The predicted molar refractivity (Wildman–Crippen MR) is 76.7 cm³/mol. The van der Waals surface area contributed by atoms with Gasteiger partial charge in [0, 0.05) is 6.92 Å². The van der Waals surface area contributed by atoms with Crippen molar-refractivity contribution >= 4 is 18.9 Å². The summed E-state index contributed by atoms with van der Waals surface area (Å²) in [5.41, 5.74) is 5.41. The summed E-state index contributed by atoms with van der Waals surface area (Å²) >= 11 is 0. The Labute approximate surface area is 114 Å². The summed E-state index contributed by atoms with van der Waals surface area (Å²) in [6.07, 6.45) is 3.13. The van der Waals surface area contributed by atoms with E-state index in [2.05, 4.69) is 11.6 Å². The van der Waals surface area contributed by atoms with Gasteiger partial charge in [-0.3, -0.25) is 4.79 Å². The molecule has 0 radical (unpaired) electrons. The molecule has 0 bridgehead atoms. The van der Waals surface area contributed by atoms with Crippen LogP contribution in [0.3, 0.4) is 0 Å². The summed E-state index contributed by atoms with van der Waals surface area (Å²) in [4.78, 5) is 14.5. The van der Waals surface area contributed by atoms with Crippen molar-refractivity contribution in [3.63, 3.8) is 0 Å². The molecule has 0 aromatic rings. The van der Waals surface area contributed by atoms with Gasteiger partial charge in [0.15, 0.2) is 0 Å². The lowest BCUT2D eigenvalue weighted by molar-refractivity contribution is -0.115. The minimum absolute atomic E-state index is 0.108. The number of nitrogens with two attached hydrogens (primary N) is 1. The standard InChI is InChI=1S/C13H21BN2O3/c1-7-10(8-11(15)16-9(2)17)14-18-12(3,4)13(5,6)19-14/h7-8H,1H2,2-6H3,(H2,15,16,17)/b10-8+. The van der Waals surface area contributed by atoms with E-state index in [-0.39, 0.29) is 11.7 Å². The molecule has 0 aromatic carbocycles. The van der Waals surface area contributed by atoms with Crippen molar-refractivity contribution in [2.75, 3.05) is 0 Å². The molecule has 1 fully saturated rings. The van der Waals surface area contributed by atoms with Gasteiger partial charge in [0.05, 0.1) is 11.2 Å². The summed E-state index contributed by atoms with van der Waals surface area (Å²) in [7, 11) is -0.566. The van der Waals surface area contributed by atoms with Crippen LogP contribution >= 0.6 is 0 Å². The molecular formula is C13H21BN2O3. The molecule has 0 aromatic heterocycles. The van der Waals surface area contributed by atoms with Crippen molar-refractivity contribution in [2.24, 2.45) is 10.7 Å². The summed E-state index contributed by atoms with van der Waals surface area (Å²) in [6.45, 7) is 12.9.